The predicted octanol–water partition coefficient (Wildman–Crippen LogP) is -0.210. The number of carbonyl (C=O) groups is 2. The van der Waals surface area contributed by atoms with E-state index in [1.807, 2.05) is 36.1 Å². The summed E-state index contributed by atoms with van der Waals surface area (Å²) < 4.78 is 3.66. The molecule has 2 aromatic heterocycles. The van der Waals surface area contributed by atoms with Crippen LogP contribution in [0.25, 0.3) is 5.65 Å². The Hall–Kier alpha value is -2.04. The molecule has 0 aliphatic carbocycles. The van der Waals surface area contributed by atoms with Crippen LogP contribution in [0.2, 0.25) is 0 Å². The lowest BCUT2D eigenvalue weighted by molar-refractivity contribution is -0.644. The van der Waals surface area contributed by atoms with Gasteiger partial charge in [-0.2, -0.15) is 0 Å². The standard InChI is InChI=1S/C14H13N5O3S2/c1-17-4-5-18-9(17)3-2-8(16-18)24-7-6-23-13-10(15)12(20)19(13)11(7)14(21)22/h2-5,10,13H,6,15H2,1H3/p+1/t10-,13-/m1/s1. The zero-order chi connectivity index (χ0) is 17.0. The zero-order valence-electron chi connectivity index (χ0n) is 12.6. The van der Waals surface area contributed by atoms with Crippen LogP contribution in [-0.4, -0.2) is 48.7 Å². The molecule has 0 bridgehead atoms. The molecule has 10 heteroatoms. The van der Waals surface area contributed by atoms with Crippen LogP contribution in [0.5, 0.6) is 0 Å². The Morgan fingerprint density at radius 1 is 1.54 bits per heavy atom. The first-order valence-corrected chi connectivity index (χ1v) is 9.02. The molecule has 2 aromatic rings. The van der Waals surface area contributed by atoms with Crippen molar-refractivity contribution in [3.8, 4) is 0 Å². The molecule has 0 saturated carbocycles. The van der Waals surface area contributed by atoms with Gasteiger partial charge in [-0.25, -0.2) is 9.36 Å². The number of carbonyl (C=O) groups excluding carboxylic acids is 1. The molecule has 124 valence electrons. The number of aliphatic carboxylic acids is 1. The molecule has 4 heterocycles. The summed E-state index contributed by atoms with van der Waals surface area (Å²) in [5, 5.41) is 14.4. The summed E-state index contributed by atoms with van der Waals surface area (Å²) in [5.41, 5.74) is 6.70. The van der Waals surface area contributed by atoms with E-state index >= 15 is 0 Å². The van der Waals surface area contributed by atoms with Crippen molar-refractivity contribution in [1.82, 2.24) is 14.5 Å². The number of carboxylic acid groups (broad SMARTS) is 1. The Bertz CT molecular complexity index is 909. The summed E-state index contributed by atoms with van der Waals surface area (Å²) in [6.45, 7) is 0. The highest BCUT2D eigenvalue weighted by Crippen LogP contribution is 2.44. The maximum atomic E-state index is 11.9. The van der Waals surface area contributed by atoms with Crippen molar-refractivity contribution in [2.24, 2.45) is 12.8 Å². The second-order valence-corrected chi connectivity index (χ2v) is 7.72. The van der Waals surface area contributed by atoms with Gasteiger partial charge in [0.25, 0.3) is 0 Å². The second kappa shape index (κ2) is 5.50. The van der Waals surface area contributed by atoms with E-state index < -0.39 is 12.0 Å². The van der Waals surface area contributed by atoms with Crippen LogP contribution < -0.4 is 10.3 Å². The number of carboxylic acids is 1. The SMILES string of the molecule is C[n+]1ccn2nc(SC3=C(C(=O)O)N4C(=O)[C@@H](N)[C@H]4SC3)ccc21. The molecule has 0 unspecified atom stereocenters. The minimum Gasteiger partial charge on any atom is -0.477 e. The van der Waals surface area contributed by atoms with Crippen molar-refractivity contribution in [2.75, 3.05) is 5.75 Å². The third kappa shape index (κ3) is 2.21. The molecule has 0 aromatic carbocycles. The average molecular weight is 364 g/mol. The third-order valence-corrected chi connectivity index (χ3v) is 6.51. The van der Waals surface area contributed by atoms with Crippen LogP contribution in [-0.2, 0) is 16.6 Å². The summed E-state index contributed by atoms with van der Waals surface area (Å²) in [6, 6.07) is 3.14. The molecule has 8 nitrogen and oxygen atoms in total. The van der Waals surface area contributed by atoms with E-state index in [2.05, 4.69) is 5.10 Å². The Morgan fingerprint density at radius 3 is 3.08 bits per heavy atom. The van der Waals surface area contributed by atoms with E-state index in [1.54, 1.807) is 4.52 Å². The Kier molecular flexibility index (Phi) is 3.55. The fourth-order valence-electron chi connectivity index (χ4n) is 2.79. The molecule has 0 spiro atoms. The molecule has 2 atom stereocenters. The van der Waals surface area contributed by atoms with Crippen molar-refractivity contribution < 1.29 is 19.3 Å². The summed E-state index contributed by atoms with van der Waals surface area (Å²) in [5.74, 6) is -0.965. The van der Waals surface area contributed by atoms with Gasteiger partial charge in [-0.1, -0.05) is 16.9 Å². The molecule has 1 fully saturated rings. The summed E-state index contributed by atoms with van der Waals surface area (Å²) in [6.07, 6.45) is 3.72. The Labute approximate surface area is 145 Å². The van der Waals surface area contributed by atoms with Crippen LogP contribution in [0.15, 0.2) is 40.2 Å². The number of aryl methyl sites for hydroxylation is 1. The van der Waals surface area contributed by atoms with Gasteiger partial charge in [0, 0.05) is 16.7 Å². The first-order valence-electron chi connectivity index (χ1n) is 7.16. The van der Waals surface area contributed by atoms with Gasteiger partial charge in [0.15, 0.2) is 6.20 Å². The molecule has 4 rings (SSSR count). The molecule has 2 aliphatic heterocycles. The number of rotatable bonds is 3. The maximum Gasteiger partial charge on any atom is 0.353 e. The summed E-state index contributed by atoms with van der Waals surface area (Å²) >= 11 is 2.75. The highest BCUT2D eigenvalue weighted by Gasteiger charge is 2.51. The topological polar surface area (TPSA) is 105 Å². The fraction of sp³-hybridized carbons (Fsp3) is 0.286. The maximum absolute atomic E-state index is 11.9. The summed E-state index contributed by atoms with van der Waals surface area (Å²) in [4.78, 5) is 25.5. The van der Waals surface area contributed by atoms with Gasteiger partial charge in [0.05, 0.1) is 7.05 Å². The highest BCUT2D eigenvalue weighted by molar-refractivity contribution is 8.06. The van der Waals surface area contributed by atoms with E-state index in [1.165, 1.54) is 28.4 Å². The number of nitrogens with zero attached hydrogens (tertiary/aromatic N) is 4. The Morgan fingerprint density at radius 2 is 2.33 bits per heavy atom. The highest BCUT2D eigenvalue weighted by atomic mass is 32.2. The number of fused-ring (bicyclic) bond motifs is 2. The average Bonchev–Trinajstić information content (AvgIpc) is 2.94. The minimum absolute atomic E-state index is 0.0235. The van der Waals surface area contributed by atoms with Crippen molar-refractivity contribution >= 4 is 41.0 Å². The second-order valence-electron chi connectivity index (χ2n) is 5.50. The normalized spacial score (nSPS) is 23.4. The molecule has 0 radical (unpaired) electrons. The molecular weight excluding hydrogens is 350 g/mol. The number of hydrogen-bond acceptors (Lipinski definition) is 6. The largest absolute Gasteiger partial charge is 0.477 e. The van der Waals surface area contributed by atoms with Crippen LogP contribution in [0, 0.1) is 0 Å². The lowest BCUT2D eigenvalue weighted by Crippen LogP contribution is -2.68. The molecule has 24 heavy (non-hydrogen) atoms. The van der Waals surface area contributed by atoms with Gasteiger partial charge in [-0.05, 0) is 6.07 Å². The van der Waals surface area contributed by atoms with Crippen molar-refractivity contribution in [3.05, 3.63) is 35.1 Å². The lowest BCUT2D eigenvalue weighted by atomic mass is 10.1. The van der Waals surface area contributed by atoms with Gasteiger partial charge in [-0.3, -0.25) is 9.69 Å². The number of hydrogen-bond donors (Lipinski definition) is 2. The zero-order valence-corrected chi connectivity index (χ0v) is 14.3. The summed E-state index contributed by atoms with van der Waals surface area (Å²) in [7, 11) is 1.92. The number of amides is 1. The van der Waals surface area contributed by atoms with Crippen LogP contribution in [0.3, 0.4) is 0 Å². The van der Waals surface area contributed by atoms with Crippen molar-refractivity contribution in [3.63, 3.8) is 0 Å². The molecule has 1 amide bonds. The van der Waals surface area contributed by atoms with E-state index in [9.17, 15) is 14.7 Å². The predicted molar refractivity (Wildman–Crippen MR) is 88.0 cm³/mol. The fourth-order valence-corrected chi connectivity index (χ4v) is 5.17. The quantitative estimate of drug-likeness (QED) is 0.573. The number of β-lactam (4-membered cyclic amide) rings is 1. The third-order valence-electron chi connectivity index (χ3n) is 4.01. The van der Waals surface area contributed by atoms with E-state index in [-0.39, 0.29) is 17.0 Å². The molecular formula is C14H14N5O3S2+. The van der Waals surface area contributed by atoms with Crippen LogP contribution >= 0.6 is 23.5 Å². The monoisotopic (exact) mass is 364 g/mol. The number of thioether (sulfide) groups is 2. The van der Waals surface area contributed by atoms with Gasteiger partial charge in [0.1, 0.15) is 28.3 Å². The smallest absolute Gasteiger partial charge is 0.353 e. The first-order chi connectivity index (χ1) is 11.5. The first kappa shape index (κ1) is 15.5. The molecule has 2 aliphatic rings. The minimum atomic E-state index is -1.11. The van der Waals surface area contributed by atoms with Gasteiger partial charge >= 0.3 is 11.6 Å². The van der Waals surface area contributed by atoms with Crippen molar-refractivity contribution in [2.45, 2.75) is 16.4 Å². The number of nitrogens with two attached hydrogens (primary N) is 1. The van der Waals surface area contributed by atoms with E-state index in [4.69, 9.17) is 5.73 Å². The Balaban J connectivity index is 1.70. The van der Waals surface area contributed by atoms with Crippen LogP contribution in [0.1, 0.15) is 0 Å². The molecule has 1 saturated heterocycles. The van der Waals surface area contributed by atoms with Crippen LogP contribution in [0.4, 0.5) is 0 Å². The van der Waals surface area contributed by atoms with E-state index in [0.717, 1.165) is 5.65 Å². The van der Waals surface area contributed by atoms with Gasteiger partial charge in [0.2, 0.25) is 5.91 Å². The van der Waals surface area contributed by atoms with Gasteiger partial charge < -0.3 is 10.8 Å². The van der Waals surface area contributed by atoms with Gasteiger partial charge in [-0.15, -0.1) is 16.3 Å². The number of aromatic nitrogens is 3. The van der Waals surface area contributed by atoms with Crippen molar-refractivity contribution in [1.29, 1.82) is 0 Å². The van der Waals surface area contributed by atoms with E-state index in [0.29, 0.717) is 15.7 Å². The number of imidazole rings is 1. The lowest BCUT2D eigenvalue weighted by Gasteiger charge is -2.47. The molecule has 3 N–H and O–H groups in total.